The summed E-state index contributed by atoms with van der Waals surface area (Å²) in [5.41, 5.74) is 5.23. The molecule has 0 spiro atoms. The maximum atomic E-state index is 12.5. The van der Waals surface area contributed by atoms with Gasteiger partial charge in [-0.05, 0) is 42.7 Å². The monoisotopic (exact) mass is 472 g/mol. The third-order valence-corrected chi connectivity index (χ3v) is 6.30. The highest BCUT2D eigenvalue weighted by Crippen LogP contribution is 2.30. The van der Waals surface area contributed by atoms with E-state index in [2.05, 4.69) is 35.0 Å². The number of amides is 1. The van der Waals surface area contributed by atoms with Crippen LogP contribution in [0.5, 0.6) is 11.5 Å². The summed E-state index contributed by atoms with van der Waals surface area (Å²) >= 11 is 1.63. The van der Waals surface area contributed by atoms with Gasteiger partial charge in [-0.3, -0.25) is 4.79 Å². The van der Waals surface area contributed by atoms with Crippen molar-refractivity contribution in [2.45, 2.75) is 26.3 Å². The van der Waals surface area contributed by atoms with Crippen molar-refractivity contribution < 1.29 is 14.3 Å². The summed E-state index contributed by atoms with van der Waals surface area (Å²) in [5.74, 6) is 1.42. The summed E-state index contributed by atoms with van der Waals surface area (Å²) in [7, 11) is 1.62. The number of thiazole rings is 1. The lowest BCUT2D eigenvalue weighted by atomic mass is 10.1. The van der Waals surface area contributed by atoms with Crippen LogP contribution in [0.15, 0.2) is 78.2 Å². The predicted octanol–water partition coefficient (Wildman–Crippen LogP) is 6.13. The smallest absolute Gasteiger partial charge is 0.220 e. The van der Waals surface area contributed by atoms with Crippen LogP contribution in [0.2, 0.25) is 0 Å². The molecule has 0 radical (unpaired) electrons. The number of carbonyl (C=O) groups is 1. The summed E-state index contributed by atoms with van der Waals surface area (Å²) in [4.78, 5) is 17.2. The number of nitrogens with one attached hydrogen (secondary N) is 1. The van der Waals surface area contributed by atoms with Gasteiger partial charge in [0, 0.05) is 29.5 Å². The molecule has 0 unspecified atom stereocenters. The Morgan fingerprint density at radius 2 is 1.76 bits per heavy atom. The van der Waals surface area contributed by atoms with Gasteiger partial charge in [-0.25, -0.2) is 4.98 Å². The molecule has 1 amide bonds. The lowest BCUT2D eigenvalue weighted by molar-refractivity contribution is -0.121. The number of carbonyl (C=O) groups excluding carboxylic acids is 1. The molecule has 0 aliphatic heterocycles. The number of hydrogen-bond acceptors (Lipinski definition) is 5. The zero-order valence-electron chi connectivity index (χ0n) is 19.4. The number of nitrogens with zero attached hydrogens (tertiary/aromatic N) is 1. The summed E-state index contributed by atoms with van der Waals surface area (Å²) in [6, 6.07) is 24.1. The van der Waals surface area contributed by atoms with E-state index >= 15 is 0 Å². The molecule has 1 N–H and O–H groups in total. The van der Waals surface area contributed by atoms with Crippen LogP contribution < -0.4 is 14.8 Å². The Morgan fingerprint density at radius 3 is 2.56 bits per heavy atom. The van der Waals surface area contributed by atoms with Crippen LogP contribution in [0.4, 0.5) is 0 Å². The molecule has 3 aromatic carbocycles. The molecular weight excluding hydrogens is 444 g/mol. The first kappa shape index (κ1) is 23.5. The second kappa shape index (κ2) is 11.5. The lowest BCUT2D eigenvalue weighted by Gasteiger charge is -2.11. The summed E-state index contributed by atoms with van der Waals surface area (Å²) < 4.78 is 10.9. The van der Waals surface area contributed by atoms with E-state index in [-0.39, 0.29) is 5.91 Å². The van der Waals surface area contributed by atoms with Crippen molar-refractivity contribution in [1.29, 1.82) is 0 Å². The van der Waals surface area contributed by atoms with Gasteiger partial charge in [0.25, 0.3) is 0 Å². The number of aromatic nitrogens is 1. The number of aryl methyl sites for hydroxylation is 1. The van der Waals surface area contributed by atoms with Crippen molar-refractivity contribution in [3.8, 4) is 33.3 Å². The molecule has 0 bridgehead atoms. The molecule has 4 rings (SSSR count). The molecule has 0 atom stereocenters. The highest BCUT2D eigenvalue weighted by atomic mass is 32.1. The third-order valence-electron chi connectivity index (χ3n) is 5.41. The van der Waals surface area contributed by atoms with Gasteiger partial charge in [-0.15, -0.1) is 11.3 Å². The van der Waals surface area contributed by atoms with Crippen molar-refractivity contribution in [3.05, 3.63) is 89.3 Å². The van der Waals surface area contributed by atoms with Gasteiger partial charge >= 0.3 is 0 Å². The number of methoxy groups -OCH3 is 1. The molecule has 1 heterocycles. The third kappa shape index (κ3) is 6.02. The van der Waals surface area contributed by atoms with Gasteiger partial charge in [-0.2, -0.15) is 0 Å². The largest absolute Gasteiger partial charge is 0.493 e. The van der Waals surface area contributed by atoms with Crippen LogP contribution in [-0.2, 0) is 17.8 Å². The van der Waals surface area contributed by atoms with Gasteiger partial charge in [0.05, 0.1) is 19.4 Å². The van der Waals surface area contributed by atoms with Gasteiger partial charge in [0.2, 0.25) is 5.91 Å². The minimum Gasteiger partial charge on any atom is -0.493 e. The maximum absolute atomic E-state index is 12.5. The molecular formula is C28H28N2O3S. The van der Waals surface area contributed by atoms with E-state index in [4.69, 9.17) is 14.5 Å². The van der Waals surface area contributed by atoms with Crippen molar-refractivity contribution >= 4 is 17.2 Å². The van der Waals surface area contributed by atoms with E-state index in [0.29, 0.717) is 37.5 Å². The molecule has 0 aliphatic carbocycles. The molecule has 1 aromatic heterocycles. The van der Waals surface area contributed by atoms with Crippen LogP contribution in [-0.4, -0.2) is 24.6 Å². The zero-order chi connectivity index (χ0) is 23.8. The van der Waals surface area contributed by atoms with E-state index < -0.39 is 0 Å². The highest BCUT2D eigenvalue weighted by Gasteiger charge is 2.09. The summed E-state index contributed by atoms with van der Waals surface area (Å²) in [6.45, 7) is 3.00. The fourth-order valence-corrected chi connectivity index (χ4v) is 4.48. The Morgan fingerprint density at radius 1 is 0.941 bits per heavy atom. The standard InChI is InChI=1S/C28H28N2O3S/c1-3-33-25-14-12-20(17-26(25)32-2)13-15-27(31)29-18-21-8-7-11-23(16-21)28-30-24(19-34-28)22-9-5-4-6-10-22/h4-12,14,16-17,19H,3,13,15,18H2,1-2H3,(H,29,31). The van der Waals surface area contributed by atoms with Gasteiger partial charge in [0.1, 0.15) is 5.01 Å². The van der Waals surface area contributed by atoms with E-state index in [0.717, 1.165) is 33.0 Å². The van der Waals surface area contributed by atoms with Crippen LogP contribution >= 0.6 is 11.3 Å². The number of benzene rings is 3. The van der Waals surface area contributed by atoms with Crippen LogP contribution in [0.1, 0.15) is 24.5 Å². The molecule has 0 fully saturated rings. The second-order valence-corrected chi connectivity index (χ2v) is 8.66. The predicted molar refractivity (Wildman–Crippen MR) is 137 cm³/mol. The molecule has 5 nitrogen and oxygen atoms in total. The number of rotatable bonds is 10. The molecule has 4 aromatic rings. The van der Waals surface area contributed by atoms with Crippen LogP contribution in [0.25, 0.3) is 21.8 Å². The first-order chi connectivity index (χ1) is 16.7. The first-order valence-corrected chi connectivity index (χ1v) is 12.2. The quantitative estimate of drug-likeness (QED) is 0.301. The molecule has 0 saturated heterocycles. The van der Waals surface area contributed by atoms with E-state index in [1.54, 1.807) is 18.4 Å². The fourth-order valence-electron chi connectivity index (χ4n) is 3.65. The van der Waals surface area contributed by atoms with Crippen LogP contribution in [0.3, 0.4) is 0 Å². The van der Waals surface area contributed by atoms with Crippen molar-refractivity contribution in [3.63, 3.8) is 0 Å². The molecule has 0 saturated carbocycles. The lowest BCUT2D eigenvalue weighted by Crippen LogP contribution is -2.23. The minimum atomic E-state index is 0.0128. The minimum absolute atomic E-state index is 0.0128. The van der Waals surface area contributed by atoms with E-state index in [9.17, 15) is 4.79 Å². The van der Waals surface area contributed by atoms with E-state index in [1.165, 1.54) is 0 Å². The van der Waals surface area contributed by atoms with Crippen LogP contribution in [0, 0.1) is 0 Å². The Balaban J connectivity index is 1.33. The van der Waals surface area contributed by atoms with Gasteiger partial charge < -0.3 is 14.8 Å². The maximum Gasteiger partial charge on any atom is 0.220 e. The Bertz CT molecular complexity index is 1240. The zero-order valence-corrected chi connectivity index (χ0v) is 20.2. The van der Waals surface area contributed by atoms with Crippen molar-refractivity contribution in [1.82, 2.24) is 10.3 Å². The van der Waals surface area contributed by atoms with E-state index in [1.807, 2.05) is 55.5 Å². The summed E-state index contributed by atoms with van der Waals surface area (Å²) in [5, 5.41) is 6.07. The SMILES string of the molecule is CCOc1ccc(CCC(=O)NCc2cccc(-c3nc(-c4ccccc4)cs3)c2)cc1OC. The molecule has 6 heteroatoms. The Labute approximate surface area is 204 Å². The Kier molecular flexibility index (Phi) is 7.94. The Hall–Kier alpha value is -3.64. The van der Waals surface area contributed by atoms with Crippen molar-refractivity contribution in [2.24, 2.45) is 0 Å². The molecule has 174 valence electrons. The second-order valence-electron chi connectivity index (χ2n) is 7.80. The van der Waals surface area contributed by atoms with Gasteiger partial charge in [-0.1, -0.05) is 54.6 Å². The topological polar surface area (TPSA) is 60.5 Å². The fraction of sp³-hybridized carbons (Fsp3) is 0.214. The average molecular weight is 473 g/mol. The van der Waals surface area contributed by atoms with Gasteiger partial charge in [0.15, 0.2) is 11.5 Å². The molecule has 34 heavy (non-hydrogen) atoms. The normalized spacial score (nSPS) is 10.6. The molecule has 0 aliphatic rings. The first-order valence-electron chi connectivity index (χ1n) is 11.3. The number of ether oxygens (including phenoxy) is 2. The summed E-state index contributed by atoms with van der Waals surface area (Å²) in [6.07, 6.45) is 1.04. The highest BCUT2D eigenvalue weighted by molar-refractivity contribution is 7.13. The average Bonchev–Trinajstić information content (AvgIpc) is 3.38. The van der Waals surface area contributed by atoms with Crippen molar-refractivity contribution in [2.75, 3.05) is 13.7 Å². The number of hydrogen-bond donors (Lipinski definition) is 1.